The second kappa shape index (κ2) is 8.08. The normalized spacial score (nSPS) is 10.8. The minimum atomic E-state index is -2.22. The number of aliphatic carboxylic acids is 2. The van der Waals surface area contributed by atoms with Crippen molar-refractivity contribution in [1.29, 1.82) is 0 Å². The molecule has 2 N–H and O–H groups in total. The highest BCUT2D eigenvalue weighted by Crippen LogP contribution is 2.28. The Bertz CT molecular complexity index is 568. The molecule has 0 amide bonds. The van der Waals surface area contributed by atoms with Crippen LogP contribution >= 0.6 is 8.03 Å². The van der Waals surface area contributed by atoms with Gasteiger partial charge in [-0.3, -0.25) is 0 Å². The summed E-state index contributed by atoms with van der Waals surface area (Å²) in [6.45, 7) is -1.42. The van der Waals surface area contributed by atoms with Gasteiger partial charge in [0.2, 0.25) is 6.16 Å². The molecule has 0 aliphatic heterocycles. The molecule has 1 aromatic carbocycles. The Hall–Kier alpha value is -2.31. The highest BCUT2D eigenvalue weighted by atomic mass is 31.1. The van der Waals surface area contributed by atoms with E-state index in [2.05, 4.69) is 9.26 Å². The average molecular weight is 315 g/mol. The molecule has 0 heterocycles. The predicted molar refractivity (Wildman–Crippen MR) is 69.3 cm³/mol. The molecule has 0 aliphatic rings. The number of esters is 1. The number of carbonyl (C=O) groups excluding carboxylic acids is 1. The van der Waals surface area contributed by atoms with E-state index in [0.29, 0.717) is 5.56 Å². The first-order valence-corrected chi connectivity index (χ1v) is 7.02. The van der Waals surface area contributed by atoms with Crippen LogP contribution in [-0.2, 0) is 29.6 Å². The number of carboxylic acids is 2. The van der Waals surface area contributed by atoms with Gasteiger partial charge in [0.25, 0.3) is 0 Å². The maximum absolute atomic E-state index is 11.5. The van der Waals surface area contributed by atoms with E-state index in [0.717, 1.165) is 0 Å². The second-order valence-corrected chi connectivity index (χ2v) is 5.07. The molecule has 0 bridgehead atoms. The summed E-state index contributed by atoms with van der Waals surface area (Å²) in [5.41, 5.74) is 0.585. The summed E-state index contributed by atoms with van der Waals surface area (Å²) in [6, 6.07) is 5.87. The van der Waals surface area contributed by atoms with E-state index in [1.807, 2.05) is 0 Å². The number of rotatable bonds is 8. The van der Waals surface area contributed by atoms with Crippen LogP contribution in [0, 0.1) is 0 Å². The van der Waals surface area contributed by atoms with Crippen LogP contribution < -0.4 is 0 Å². The standard InChI is InChI=1S/C12H11O8P/c13-10(14)5-19-12(17)9-3-1-2-8(4-9)7-21(18)20-6-11(15)16/h1-4H,5-7H2,(H-,13,14,15,16)/p+1. The summed E-state index contributed by atoms with van der Waals surface area (Å²) in [5.74, 6) is -3.32. The van der Waals surface area contributed by atoms with Crippen LogP contribution in [0.2, 0.25) is 0 Å². The molecular weight excluding hydrogens is 303 g/mol. The van der Waals surface area contributed by atoms with Crippen molar-refractivity contribution in [2.75, 3.05) is 13.2 Å². The fourth-order valence-corrected chi connectivity index (χ4v) is 2.17. The van der Waals surface area contributed by atoms with Crippen LogP contribution in [0.25, 0.3) is 0 Å². The first-order valence-electron chi connectivity index (χ1n) is 5.65. The number of carboxylic acid groups (broad SMARTS) is 2. The van der Waals surface area contributed by atoms with Gasteiger partial charge in [0, 0.05) is 5.56 Å². The zero-order valence-corrected chi connectivity index (χ0v) is 11.6. The van der Waals surface area contributed by atoms with Gasteiger partial charge >= 0.3 is 25.9 Å². The topological polar surface area (TPSA) is 127 Å². The summed E-state index contributed by atoms with van der Waals surface area (Å²) in [7, 11) is -2.22. The third-order valence-corrected chi connectivity index (χ3v) is 3.17. The van der Waals surface area contributed by atoms with Crippen molar-refractivity contribution in [3.05, 3.63) is 35.4 Å². The highest BCUT2D eigenvalue weighted by Gasteiger charge is 2.21. The first-order chi connectivity index (χ1) is 9.88. The zero-order chi connectivity index (χ0) is 15.8. The van der Waals surface area contributed by atoms with E-state index in [4.69, 9.17) is 10.2 Å². The number of hydrogen-bond acceptors (Lipinski definition) is 6. The molecule has 0 spiro atoms. The molecule has 1 unspecified atom stereocenters. The van der Waals surface area contributed by atoms with Gasteiger partial charge in [-0.1, -0.05) is 12.1 Å². The summed E-state index contributed by atoms with van der Waals surface area (Å²) >= 11 is 0. The summed E-state index contributed by atoms with van der Waals surface area (Å²) < 4.78 is 20.6. The number of carbonyl (C=O) groups is 3. The average Bonchev–Trinajstić information content (AvgIpc) is 2.42. The lowest BCUT2D eigenvalue weighted by Gasteiger charge is -2.02. The third kappa shape index (κ3) is 6.60. The van der Waals surface area contributed by atoms with Crippen molar-refractivity contribution >= 4 is 25.9 Å². The van der Waals surface area contributed by atoms with E-state index in [-0.39, 0.29) is 11.7 Å². The molecule has 9 heteroatoms. The molecule has 1 atom stereocenters. The molecular formula is C12H12O8P+. The maximum atomic E-state index is 11.5. The Labute approximate surface area is 120 Å². The van der Waals surface area contributed by atoms with Crippen molar-refractivity contribution in [2.45, 2.75) is 6.16 Å². The molecule has 0 saturated carbocycles. The van der Waals surface area contributed by atoms with E-state index in [9.17, 15) is 18.9 Å². The lowest BCUT2D eigenvalue weighted by Crippen LogP contribution is -2.13. The van der Waals surface area contributed by atoms with Crippen LogP contribution in [0.3, 0.4) is 0 Å². The Morgan fingerprint density at radius 3 is 2.38 bits per heavy atom. The van der Waals surface area contributed by atoms with E-state index >= 15 is 0 Å². The minimum absolute atomic E-state index is 0.0668. The number of ether oxygens (including phenoxy) is 1. The summed E-state index contributed by atoms with van der Waals surface area (Å²) in [5, 5.41) is 16.8. The molecule has 0 fully saturated rings. The Morgan fingerprint density at radius 2 is 1.76 bits per heavy atom. The van der Waals surface area contributed by atoms with E-state index in [1.54, 1.807) is 6.07 Å². The van der Waals surface area contributed by atoms with Gasteiger partial charge < -0.3 is 14.9 Å². The van der Waals surface area contributed by atoms with Crippen LogP contribution in [0.4, 0.5) is 0 Å². The van der Waals surface area contributed by atoms with E-state index < -0.39 is 39.1 Å². The smallest absolute Gasteiger partial charge is 0.479 e. The van der Waals surface area contributed by atoms with Crippen molar-refractivity contribution in [2.24, 2.45) is 0 Å². The highest BCUT2D eigenvalue weighted by molar-refractivity contribution is 7.38. The Kier molecular flexibility index (Phi) is 6.45. The van der Waals surface area contributed by atoms with Gasteiger partial charge in [-0.15, -0.1) is 4.52 Å². The monoisotopic (exact) mass is 315 g/mol. The fourth-order valence-electron chi connectivity index (χ4n) is 1.33. The molecule has 0 radical (unpaired) electrons. The van der Waals surface area contributed by atoms with Crippen LogP contribution in [-0.4, -0.2) is 41.3 Å². The molecule has 0 aliphatic carbocycles. The molecule has 0 saturated heterocycles. The van der Waals surface area contributed by atoms with Crippen molar-refractivity contribution in [1.82, 2.24) is 0 Å². The Morgan fingerprint density at radius 1 is 1.10 bits per heavy atom. The quantitative estimate of drug-likeness (QED) is 0.542. The molecule has 21 heavy (non-hydrogen) atoms. The van der Waals surface area contributed by atoms with Crippen molar-refractivity contribution in [3.63, 3.8) is 0 Å². The predicted octanol–water partition coefficient (Wildman–Crippen LogP) is 1.27. The third-order valence-electron chi connectivity index (χ3n) is 2.13. The van der Waals surface area contributed by atoms with Gasteiger partial charge in [0.1, 0.15) is 0 Å². The molecule has 0 aromatic heterocycles. The van der Waals surface area contributed by atoms with Crippen LogP contribution in [0.15, 0.2) is 24.3 Å². The number of benzene rings is 1. The maximum Gasteiger partial charge on any atom is 0.513 e. The SMILES string of the molecule is O=C(O)COC(=O)c1cccc(C[P+](=O)OCC(=O)O)c1. The van der Waals surface area contributed by atoms with Crippen molar-refractivity contribution in [3.8, 4) is 0 Å². The fraction of sp³-hybridized carbons (Fsp3) is 0.250. The van der Waals surface area contributed by atoms with Gasteiger partial charge in [0.05, 0.1) is 5.56 Å². The van der Waals surface area contributed by atoms with E-state index in [1.165, 1.54) is 18.2 Å². The molecule has 112 valence electrons. The van der Waals surface area contributed by atoms with Gasteiger partial charge in [-0.25, -0.2) is 14.4 Å². The Balaban J connectivity index is 2.63. The van der Waals surface area contributed by atoms with Gasteiger partial charge in [-0.05, 0) is 16.7 Å². The zero-order valence-electron chi connectivity index (χ0n) is 10.7. The number of hydrogen-bond donors (Lipinski definition) is 2. The minimum Gasteiger partial charge on any atom is -0.479 e. The molecule has 1 rings (SSSR count). The molecule has 8 nitrogen and oxygen atoms in total. The lowest BCUT2D eigenvalue weighted by atomic mass is 10.1. The first kappa shape index (κ1) is 16.7. The summed E-state index contributed by atoms with van der Waals surface area (Å²) in [4.78, 5) is 32.1. The van der Waals surface area contributed by atoms with Crippen molar-refractivity contribution < 1.29 is 38.4 Å². The largest absolute Gasteiger partial charge is 0.513 e. The summed E-state index contributed by atoms with van der Waals surface area (Å²) in [6.07, 6.45) is -0.0668. The second-order valence-electron chi connectivity index (χ2n) is 3.83. The lowest BCUT2D eigenvalue weighted by molar-refractivity contribution is -0.140. The van der Waals surface area contributed by atoms with Gasteiger partial charge in [0.15, 0.2) is 13.2 Å². The molecule has 1 aromatic rings. The van der Waals surface area contributed by atoms with Crippen LogP contribution in [0.5, 0.6) is 0 Å². The van der Waals surface area contributed by atoms with Crippen LogP contribution in [0.1, 0.15) is 15.9 Å². The van der Waals surface area contributed by atoms with Gasteiger partial charge in [-0.2, -0.15) is 0 Å².